The van der Waals surface area contributed by atoms with Gasteiger partial charge in [-0.25, -0.2) is 4.79 Å². The molecule has 1 unspecified atom stereocenters. The molecule has 0 aromatic rings. The van der Waals surface area contributed by atoms with Crippen LogP contribution in [0.4, 0.5) is 0 Å². The number of esters is 1. The van der Waals surface area contributed by atoms with E-state index in [4.69, 9.17) is 9.47 Å². The van der Waals surface area contributed by atoms with Crippen molar-refractivity contribution in [3.8, 4) is 0 Å². The van der Waals surface area contributed by atoms with E-state index in [0.717, 1.165) is 6.61 Å². The van der Waals surface area contributed by atoms with Gasteiger partial charge in [0.1, 0.15) is 12.7 Å². The summed E-state index contributed by atoms with van der Waals surface area (Å²) in [5.74, 6) is -0.155. The average Bonchev–Trinajstić information content (AvgIpc) is 2.61. The number of rotatable bonds is 4. The van der Waals surface area contributed by atoms with Gasteiger partial charge in [-0.05, 0) is 0 Å². The third-order valence-corrected chi connectivity index (χ3v) is 1.44. The van der Waals surface area contributed by atoms with Crippen molar-refractivity contribution in [1.29, 1.82) is 0 Å². The summed E-state index contributed by atoms with van der Waals surface area (Å²) in [6, 6.07) is 0. The summed E-state index contributed by atoms with van der Waals surface area (Å²) in [4.78, 5) is 11.1. The molecule has 0 saturated carbocycles. The topological polar surface area (TPSA) is 38.8 Å². The average molecular weight is 210 g/mol. The van der Waals surface area contributed by atoms with Gasteiger partial charge in [-0.1, -0.05) is 0 Å². The quantitative estimate of drug-likeness (QED) is 0.276. The Morgan fingerprint density at radius 1 is 1.54 bits per heavy atom. The first-order valence-electron chi connectivity index (χ1n) is 4.05. The highest BCUT2D eigenvalue weighted by Gasteiger charge is 2.25. The monoisotopic (exact) mass is 209 g/mol. The normalized spacial score (nSPS) is 20.4. The zero-order valence-electron chi connectivity index (χ0n) is 8.25. The van der Waals surface area contributed by atoms with E-state index in [9.17, 15) is 4.79 Å². The van der Waals surface area contributed by atoms with Crippen molar-refractivity contribution in [3.63, 3.8) is 0 Å². The molecule has 1 aliphatic rings. The highest BCUT2D eigenvalue weighted by Crippen LogP contribution is 2.08. The number of nitrogens with zero attached hydrogens (tertiary/aromatic N) is 1. The number of quaternary nitrogens is 1. The van der Waals surface area contributed by atoms with Crippen LogP contribution in [0.25, 0.3) is 0 Å². The second-order valence-electron chi connectivity index (χ2n) is 4.09. The summed E-state index contributed by atoms with van der Waals surface area (Å²) in [6.07, 6.45) is 0.168. The van der Waals surface area contributed by atoms with Crippen LogP contribution in [0.5, 0.6) is 0 Å². The van der Waals surface area contributed by atoms with E-state index in [1.165, 1.54) is 0 Å². The maximum Gasteiger partial charge on any atom is 0.361 e. The van der Waals surface area contributed by atoms with Crippen LogP contribution in [0.2, 0.25) is 0 Å². The molecule has 13 heavy (non-hydrogen) atoms. The molecule has 4 nitrogen and oxygen atoms in total. The van der Waals surface area contributed by atoms with Crippen molar-refractivity contribution in [2.75, 3.05) is 40.9 Å². The van der Waals surface area contributed by atoms with Gasteiger partial charge in [0.15, 0.2) is 6.54 Å². The molecule has 5 heteroatoms. The smallest absolute Gasteiger partial charge is 0.361 e. The van der Waals surface area contributed by atoms with Gasteiger partial charge in [0.2, 0.25) is 0 Å². The van der Waals surface area contributed by atoms with Crippen molar-refractivity contribution < 1.29 is 31.2 Å². The van der Waals surface area contributed by atoms with Crippen LogP contribution < -0.4 is 12.4 Å². The standard InChI is InChI=1S/C8H16NO3.ClH/c1-9(2,3)4-8(10)12-6-7-5-11-7;/h7H,4-6H2,1-3H3;1H/q+1;/p-1. The number of carbonyl (C=O) groups is 1. The maximum absolute atomic E-state index is 11.1. The summed E-state index contributed by atoms with van der Waals surface area (Å²) < 4.78 is 10.5. The number of likely N-dealkylation sites (N-methyl/N-ethyl adjacent to an activating group) is 1. The van der Waals surface area contributed by atoms with E-state index < -0.39 is 0 Å². The first kappa shape index (κ1) is 12.7. The highest BCUT2D eigenvalue weighted by molar-refractivity contribution is 5.70. The largest absolute Gasteiger partial charge is 1.00 e. The van der Waals surface area contributed by atoms with Crippen LogP contribution in [0, 0.1) is 0 Å². The molecule has 0 N–H and O–H groups in total. The van der Waals surface area contributed by atoms with Gasteiger partial charge in [0.05, 0.1) is 27.7 Å². The fraction of sp³-hybridized carbons (Fsp3) is 0.875. The van der Waals surface area contributed by atoms with Crippen LogP contribution in [0.3, 0.4) is 0 Å². The van der Waals surface area contributed by atoms with Gasteiger partial charge in [0.25, 0.3) is 0 Å². The zero-order valence-corrected chi connectivity index (χ0v) is 9.00. The maximum atomic E-state index is 11.1. The number of hydrogen-bond donors (Lipinski definition) is 0. The van der Waals surface area contributed by atoms with Crippen LogP contribution in [0.1, 0.15) is 0 Å². The molecule has 1 saturated heterocycles. The first-order chi connectivity index (χ1) is 5.47. The minimum Gasteiger partial charge on any atom is -1.00 e. The molecule has 1 fully saturated rings. The lowest BCUT2D eigenvalue weighted by Crippen LogP contribution is -3.00. The molecule has 1 aliphatic heterocycles. The van der Waals surface area contributed by atoms with E-state index in [0.29, 0.717) is 17.6 Å². The van der Waals surface area contributed by atoms with Crippen molar-refractivity contribution in [2.24, 2.45) is 0 Å². The number of hydrogen-bond acceptors (Lipinski definition) is 3. The molecule has 78 valence electrons. The Balaban J connectivity index is 0.00000144. The summed E-state index contributed by atoms with van der Waals surface area (Å²) in [5.41, 5.74) is 0. The summed E-state index contributed by atoms with van der Waals surface area (Å²) in [5, 5.41) is 0. The van der Waals surface area contributed by atoms with E-state index in [-0.39, 0.29) is 24.5 Å². The lowest BCUT2D eigenvalue weighted by Gasteiger charge is -2.22. The fourth-order valence-electron chi connectivity index (χ4n) is 0.783. The summed E-state index contributed by atoms with van der Waals surface area (Å²) in [7, 11) is 5.86. The molecule has 0 amide bonds. The molecule has 1 rings (SSSR count). The number of halogens is 1. The van der Waals surface area contributed by atoms with Gasteiger partial charge in [0, 0.05) is 0 Å². The molecule has 0 radical (unpaired) electrons. The Morgan fingerprint density at radius 2 is 2.08 bits per heavy atom. The van der Waals surface area contributed by atoms with Crippen LogP contribution >= 0.6 is 0 Å². The third-order valence-electron chi connectivity index (χ3n) is 1.44. The fourth-order valence-corrected chi connectivity index (χ4v) is 0.783. The Hall–Kier alpha value is -0.320. The Kier molecular flexibility index (Phi) is 4.67. The molecule has 0 aromatic heterocycles. The van der Waals surface area contributed by atoms with Crippen molar-refractivity contribution in [1.82, 2.24) is 0 Å². The van der Waals surface area contributed by atoms with Gasteiger partial charge in [-0.3, -0.25) is 0 Å². The predicted octanol–water partition coefficient (Wildman–Crippen LogP) is -3.36. The lowest BCUT2D eigenvalue weighted by atomic mass is 10.5. The molecule has 0 bridgehead atoms. The highest BCUT2D eigenvalue weighted by atomic mass is 35.5. The molecular weight excluding hydrogens is 194 g/mol. The predicted molar refractivity (Wildman–Crippen MR) is 43.6 cm³/mol. The van der Waals surface area contributed by atoms with E-state index >= 15 is 0 Å². The van der Waals surface area contributed by atoms with Crippen molar-refractivity contribution in [2.45, 2.75) is 6.10 Å². The van der Waals surface area contributed by atoms with Gasteiger partial charge >= 0.3 is 5.97 Å². The Bertz CT molecular complexity index is 175. The van der Waals surface area contributed by atoms with Gasteiger partial charge < -0.3 is 26.4 Å². The van der Waals surface area contributed by atoms with Crippen molar-refractivity contribution >= 4 is 5.97 Å². The van der Waals surface area contributed by atoms with E-state index in [2.05, 4.69) is 0 Å². The van der Waals surface area contributed by atoms with Gasteiger partial charge in [-0.2, -0.15) is 0 Å². The molecule has 1 atom stereocenters. The van der Waals surface area contributed by atoms with Crippen molar-refractivity contribution in [3.05, 3.63) is 0 Å². The molecule has 0 aliphatic carbocycles. The van der Waals surface area contributed by atoms with Crippen LogP contribution in [-0.4, -0.2) is 57.5 Å². The lowest BCUT2D eigenvalue weighted by molar-refractivity contribution is -0.862. The Morgan fingerprint density at radius 3 is 2.46 bits per heavy atom. The van der Waals surface area contributed by atoms with E-state index in [1.807, 2.05) is 21.1 Å². The SMILES string of the molecule is C[N+](C)(C)CC(=O)OCC1CO1.[Cl-]. The second kappa shape index (κ2) is 4.79. The first-order valence-corrected chi connectivity index (χ1v) is 4.05. The second-order valence-corrected chi connectivity index (χ2v) is 4.09. The number of carbonyl (C=O) groups excluding carboxylic acids is 1. The molecular formula is C8H16ClNO3. The minimum absolute atomic E-state index is 0. The number of ether oxygens (including phenoxy) is 2. The molecule has 0 aromatic carbocycles. The molecule has 0 spiro atoms. The number of epoxide rings is 1. The van der Waals surface area contributed by atoms with Gasteiger partial charge in [-0.15, -0.1) is 0 Å². The third kappa shape index (κ3) is 6.81. The molecule has 1 heterocycles. The zero-order chi connectivity index (χ0) is 9.19. The minimum atomic E-state index is -0.155. The van der Waals surface area contributed by atoms with Crippen LogP contribution in [0.15, 0.2) is 0 Å². The summed E-state index contributed by atoms with van der Waals surface area (Å²) in [6.45, 7) is 1.56. The van der Waals surface area contributed by atoms with E-state index in [1.54, 1.807) is 0 Å². The Labute approximate surface area is 84.8 Å². The van der Waals surface area contributed by atoms with Crippen LogP contribution in [-0.2, 0) is 14.3 Å². The summed E-state index contributed by atoms with van der Waals surface area (Å²) >= 11 is 0.